The minimum absolute atomic E-state index is 0.0895. The summed E-state index contributed by atoms with van der Waals surface area (Å²) in [6.07, 6.45) is 0. The fourth-order valence-electron chi connectivity index (χ4n) is 0.787. The predicted octanol–water partition coefficient (Wildman–Crippen LogP) is 0.721. The normalized spacial score (nSPS) is 12.0. The summed E-state index contributed by atoms with van der Waals surface area (Å²) in [5.74, 6) is 0. The Kier molecular flexibility index (Phi) is 2.43. The Labute approximate surface area is 71.9 Å². The van der Waals surface area contributed by atoms with Crippen LogP contribution in [0.25, 0.3) is 0 Å². The molecule has 4 nitrogen and oxygen atoms in total. The van der Waals surface area contributed by atoms with Crippen LogP contribution in [0.5, 0.6) is 0 Å². The van der Waals surface area contributed by atoms with Crippen molar-refractivity contribution in [3.05, 3.63) is 23.8 Å². The van der Waals surface area contributed by atoms with Gasteiger partial charge in [0, 0.05) is 5.69 Å². The average molecular weight is 182 g/mol. The molecule has 1 aromatic carbocycles. The van der Waals surface area contributed by atoms with Gasteiger partial charge in [-0.05, 0) is 18.2 Å². The number of benzene rings is 1. The van der Waals surface area contributed by atoms with Crippen molar-refractivity contribution in [2.75, 3.05) is 5.73 Å². The third-order valence-corrected chi connectivity index (χ3v) is 2.04. The van der Waals surface area contributed by atoms with Crippen LogP contribution in [0.4, 0.5) is 5.69 Å². The van der Waals surface area contributed by atoms with Crippen LogP contribution in [-0.4, -0.2) is 8.76 Å². The smallest absolute Gasteiger partial charge is 0.187 e. The van der Waals surface area contributed by atoms with Gasteiger partial charge in [-0.2, -0.15) is 5.26 Å². The average Bonchev–Trinajstić information content (AvgIpc) is 2.03. The predicted molar refractivity (Wildman–Crippen MR) is 44.6 cm³/mol. The molecule has 0 aliphatic carbocycles. The lowest BCUT2D eigenvalue weighted by Gasteiger charge is -1.98. The second-order valence-corrected chi connectivity index (χ2v) is 3.05. The monoisotopic (exact) mass is 182 g/mol. The van der Waals surface area contributed by atoms with Crippen LogP contribution < -0.4 is 5.73 Å². The highest BCUT2D eigenvalue weighted by atomic mass is 32.2. The number of nitriles is 1. The molecular formula is C7H6N2O2S. The van der Waals surface area contributed by atoms with Crippen molar-refractivity contribution in [2.24, 2.45) is 0 Å². The lowest BCUT2D eigenvalue weighted by atomic mass is 10.2. The maximum Gasteiger partial charge on any atom is 0.187 e. The van der Waals surface area contributed by atoms with Gasteiger partial charge < -0.3 is 10.3 Å². The SMILES string of the molecule is N#Cc1cc(N)ccc1S(=O)O. The Bertz CT molecular complexity index is 370. The van der Waals surface area contributed by atoms with E-state index < -0.39 is 11.1 Å². The zero-order valence-corrected chi connectivity index (χ0v) is 6.84. The van der Waals surface area contributed by atoms with E-state index in [0.717, 1.165) is 0 Å². The molecule has 0 aliphatic rings. The number of nitrogens with zero attached hydrogens (tertiary/aromatic N) is 1. The number of hydrogen-bond acceptors (Lipinski definition) is 3. The lowest BCUT2D eigenvalue weighted by molar-refractivity contribution is 0.564. The molecule has 1 unspecified atom stereocenters. The largest absolute Gasteiger partial charge is 0.399 e. The first-order chi connectivity index (χ1) is 5.65. The van der Waals surface area contributed by atoms with Gasteiger partial charge >= 0.3 is 0 Å². The van der Waals surface area contributed by atoms with Gasteiger partial charge in [0.2, 0.25) is 0 Å². The molecule has 0 heterocycles. The molecule has 0 radical (unpaired) electrons. The van der Waals surface area contributed by atoms with Crippen molar-refractivity contribution >= 4 is 16.8 Å². The lowest BCUT2D eigenvalue weighted by Crippen LogP contribution is -1.94. The standard InChI is InChI=1S/C7H6N2O2S/c8-4-5-3-6(9)1-2-7(5)12(10)11/h1-3H,9H2,(H,10,11). The summed E-state index contributed by atoms with van der Waals surface area (Å²) in [4.78, 5) is 0.0895. The van der Waals surface area contributed by atoms with Gasteiger partial charge in [0.25, 0.3) is 0 Å². The van der Waals surface area contributed by atoms with Gasteiger partial charge in [-0.25, -0.2) is 4.21 Å². The second-order valence-electron chi connectivity index (χ2n) is 2.12. The summed E-state index contributed by atoms with van der Waals surface area (Å²) in [5.41, 5.74) is 5.91. The van der Waals surface area contributed by atoms with E-state index in [2.05, 4.69) is 0 Å². The molecule has 1 atom stereocenters. The summed E-state index contributed by atoms with van der Waals surface area (Å²) >= 11 is -2.13. The summed E-state index contributed by atoms with van der Waals surface area (Å²) in [6.45, 7) is 0. The molecule has 3 N–H and O–H groups in total. The number of nitrogens with two attached hydrogens (primary N) is 1. The molecule has 0 saturated carbocycles. The summed E-state index contributed by atoms with van der Waals surface area (Å²) < 4.78 is 19.3. The summed E-state index contributed by atoms with van der Waals surface area (Å²) in [7, 11) is 0. The van der Waals surface area contributed by atoms with Gasteiger partial charge in [0.05, 0.1) is 10.5 Å². The van der Waals surface area contributed by atoms with Crippen molar-refractivity contribution in [3.8, 4) is 6.07 Å². The fourth-order valence-corrected chi connectivity index (χ4v) is 1.26. The van der Waals surface area contributed by atoms with Gasteiger partial charge in [-0.1, -0.05) is 0 Å². The van der Waals surface area contributed by atoms with Crippen molar-refractivity contribution in [1.29, 1.82) is 5.26 Å². The molecular weight excluding hydrogens is 176 g/mol. The maximum atomic E-state index is 10.6. The Balaban J connectivity index is 3.32. The highest BCUT2D eigenvalue weighted by Gasteiger charge is 2.06. The highest BCUT2D eigenvalue weighted by Crippen LogP contribution is 2.14. The Morgan fingerprint density at radius 3 is 2.75 bits per heavy atom. The summed E-state index contributed by atoms with van der Waals surface area (Å²) in [5, 5.41) is 8.54. The van der Waals surface area contributed by atoms with Crippen LogP contribution in [0, 0.1) is 11.3 Å². The number of hydrogen-bond donors (Lipinski definition) is 2. The molecule has 0 spiro atoms. The first kappa shape index (κ1) is 8.71. The third kappa shape index (κ3) is 1.61. The highest BCUT2D eigenvalue weighted by molar-refractivity contribution is 7.79. The van der Waals surface area contributed by atoms with E-state index in [1.54, 1.807) is 6.07 Å². The quantitative estimate of drug-likeness (QED) is 0.495. The molecule has 12 heavy (non-hydrogen) atoms. The zero-order chi connectivity index (χ0) is 9.14. The van der Waals surface area contributed by atoms with E-state index in [4.69, 9.17) is 15.5 Å². The van der Waals surface area contributed by atoms with E-state index >= 15 is 0 Å². The molecule has 5 heteroatoms. The molecule has 1 aromatic rings. The molecule has 0 saturated heterocycles. The van der Waals surface area contributed by atoms with E-state index in [9.17, 15) is 4.21 Å². The minimum Gasteiger partial charge on any atom is -0.399 e. The molecule has 1 rings (SSSR count). The zero-order valence-electron chi connectivity index (χ0n) is 6.02. The van der Waals surface area contributed by atoms with E-state index in [-0.39, 0.29) is 10.5 Å². The van der Waals surface area contributed by atoms with Crippen molar-refractivity contribution in [3.63, 3.8) is 0 Å². The topological polar surface area (TPSA) is 87.1 Å². The number of rotatable bonds is 1. The van der Waals surface area contributed by atoms with E-state index in [1.807, 2.05) is 0 Å². The molecule has 0 bridgehead atoms. The van der Waals surface area contributed by atoms with Crippen molar-refractivity contribution in [1.82, 2.24) is 0 Å². The van der Waals surface area contributed by atoms with Gasteiger partial charge in [-0.3, -0.25) is 0 Å². The Hall–Kier alpha value is -1.38. The Morgan fingerprint density at radius 2 is 2.25 bits per heavy atom. The van der Waals surface area contributed by atoms with Crippen molar-refractivity contribution < 1.29 is 8.76 Å². The minimum atomic E-state index is -2.13. The van der Waals surface area contributed by atoms with Crippen LogP contribution in [-0.2, 0) is 11.1 Å². The second kappa shape index (κ2) is 3.34. The van der Waals surface area contributed by atoms with Gasteiger partial charge in [0.1, 0.15) is 6.07 Å². The Morgan fingerprint density at radius 1 is 1.58 bits per heavy atom. The number of nitrogen functional groups attached to an aromatic ring is 1. The molecule has 0 fully saturated rings. The summed E-state index contributed by atoms with van der Waals surface area (Å²) in [6, 6.07) is 5.99. The van der Waals surface area contributed by atoms with Crippen LogP contribution in [0.15, 0.2) is 23.1 Å². The molecule has 0 aromatic heterocycles. The van der Waals surface area contributed by atoms with Gasteiger partial charge in [-0.15, -0.1) is 0 Å². The van der Waals surface area contributed by atoms with Crippen LogP contribution >= 0.6 is 0 Å². The third-order valence-electron chi connectivity index (χ3n) is 1.31. The molecule has 0 amide bonds. The molecule has 62 valence electrons. The first-order valence-electron chi connectivity index (χ1n) is 3.05. The van der Waals surface area contributed by atoms with Crippen molar-refractivity contribution in [2.45, 2.75) is 4.90 Å². The first-order valence-corrected chi connectivity index (χ1v) is 4.16. The number of anilines is 1. The fraction of sp³-hybridized carbons (Fsp3) is 0. The van der Waals surface area contributed by atoms with Crippen LogP contribution in [0.3, 0.4) is 0 Å². The molecule has 0 aliphatic heterocycles. The van der Waals surface area contributed by atoms with Crippen LogP contribution in [0.2, 0.25) is 0 Å². The van der Waals surface area contributed by atoms with E-state index in [0.29, 0.717) is 5.69 Å². The maximum absolute atomic E-state index is 10.6. The van der Waals surface area contributed by atoms with Crippen LogP contribution in [0.1, 0.15) is 5.56 Å². The van der Waals surface area contributed by atoms with E-state index in [1.165, 1.54) is 18.2 Å². The van der Waals surface area contributed by atoms with Gasteiger partial charge in [0.15, 0.2) is 11.1 Å².